The molecule has 4 nitrogen and oxygen atoms in total. The number of ether oxygens (including phenoxy) is 1. The Morgan fingerprint density at radius 2 is 2.23 bits per heavy atom. The first-order chi connectivity index (χ1) is 12.8. The average molecular weight is 352 g/mol. The van der Waals surface area contributed by atoms with Gasteiger partial charge in [-0.15, -0.1) is 0 Å². The van der Waals surface area contributed by atoms with Crippen molar-refractivity contribution in [2.75, 3.05) is 19.8 Å². The maximum atomic E-state index is 5.76. The highest BCUT2D eigenvalue weighted by atomic mass is 16.5. The number of oxazole rings is 1. The Morgan fingerprint density at radius 3 is 2.92 bits per heavy atom. The topological polar surface area (TPSA) is 47.3 Å². The van der Waals surface area contributed by atoms with Crippen molar-refractivity contribution >= 4 is 0 Å². The van der Waals surface area contributed by atoms with Crippen molar-refractivity contribution < 1.29 is 9.15 Å². The molecule has 1 fully saturated rings. The molecule has 0 aliphatic carbocycles. The molecule has 1 aliphatic heterocycles. The van der Waals surface area contributed by atoms with Crippen LogP contribution in [0.2, 0.25) is 0 Å². The number of nitrogens with zero attached hydrogens (tertiary/aromatic N) is 1. The number of allylic oxidation sites excluding steroid dienone is 3. The van der Waals surface area contributed by atoms with Gasteiger partial charge in [0.15, 0.2) is 0 Å². The lowest BCUT2D eigenvalue weighted by atomic mass is 10.0. The van der Waals surface area contributed by atoms with E-state index in [1.165, 1.54) is 24.0 Å². The van der Waals surface area contributed by atoms with Crippen LogP contribution in [0.1, 0.15) is 31.7 Å². The summed E-state index contributed by atoms with van der Waals surface area (Å²) in [6.45, 7) is 4.77. The van der Waals surface area contributed by atoms with Crippen molar-refractivity contribution in [2.24, 2.45) is 0 Å². The molecule has 1 N–H and O–H groups in total. The number of hydrogen-bond donors (Lipinski definition) is 1. The van der Waals surface area contributed by atoms with Crippen LogP contribution in [0.3, 0.4) is 0 Å². The standard InChI is InChI=1S/C22H28N2O2/c1-2-5-18(6-4-14-25-17-21-7-3-12-23-21)16-19-8-10-20(11-9-19)22-24-13-15-26-22/h4-6,8-11,13,15,21,23H,2-3,7,12,14,16-17H2,1H3/b6-4-,18-5+/t21-/m1/s1. The highest BCUT2D eigenvalue weighted by molar-refractivity contribution is 5.53. The third-order valence-corrected chi connectivity index (χ3v) is 4.54. The molecule has 0 saturated carbocycles. The van der Waals surface area contributed by atoms with Gasteiger partial charge < -0.3 is 14.5 Å². The van der Waals surface area contributed by atoms with Gasteiger partial charge in [0.1, 0.15) is 6.26 Å². The summed E-state index contributed by atoms with van der Waals surface area (Å²) in [5.74, 6) is 0.662. The van der Waals surface area contributed by atoms with E-state index in [9.17, 15) is 0 Å². The van der Waals surface area contributed by atoms with Gasteiger partial charge in [-0.25, -0.2) is 4.98 Å². The lowest BCUT2D eigenvalue weighted by molar-refractivity contribution is 0.141. The van der Waals surface area contributed by atoms with E-state index in [4.69, 9.17) is 9.15 Å². The van der Waals surface area contributed by atoms with E-state index in [0.717, 1.165) is 31.6 Å². The minimum Gasteiger partial charge on any atom is -0.445 e. The maximum Gasteiger partial charge on any atom is 0.225 e. The van der Waals surface area contributed by atoms with Crippen molar-refractivity contribution in [2.45, 2.75) is 38.6 Å². The largest absolute Gasteiger partial charge is 0.445 e. The van der Waals surface area contributed by atoms with Crippen molar-refractivity contribution in [3.63, 3.8) is 0 Å². The zero-order valence-corrected chi connectivity index (χ0v) is 15.5. The molecule has 2 heterocycles. The fourth-order valence-electron chi connectivity index (χ4n) is 3.21. The SMILES string of the molecule is CC/C=C(\C=C/COC[C@H]1CCCN1)Cc1ccc(-c2ncco2)cc1. The molecule has 1 aromatic carbocycles. The van der Waals surface area contributed by atoms with Gasteiger partial charge in [-0.05, 0) is 55.5 Å². The second-order valence-corrected chi connectivity index (χ2v) is 6.63. The van der Waals surface area contributed by atoms with Crippen molar-refractivity contribution in [3.05, 3.63) is 66.1 Å². The quantitative estimate of drug-likeness (QED) is 0.531. The molecule has 1 saturated heterocycles. The van der Waals surface area contributed by atoms with Gasteiger partial charge in [0.05, 0.1) is 19.4 Å². The second kappa shape index (κ2) is 10.1. The lowest BCUT2D eigenvalue weighted by Crippen LogP contribution is -2.26. The highest BCUT2D eigenvalue weighted by Crippen LogP contribution is 2.19. The third kappa shape index (κ3) is 5.68. The highest BCUT2D eigenvalue weighted by Gasteiger charge is 2.12. The maximum absolute atomic E-state index is 5.76. The molecule has 0 radical (unpaired) electrons. The molecule has 2 aromatic rings. The third-order valence-electron chi connectivity index (χ3n) is 4.54. The van der Waals surface area contributed by atoms with Gasteiger partial charge in [0.25, 0.3) is 0 Å². The Morgan fingerprint density at radius 1 is 1.35 bits per heavy atom. The van der Waals surface area contributed by atoms with E-state index >= 15 is 0 Å². The Bertz CT molecular complexity index is 696. The summed E-state index contributed by atoms with van der Waals surface area (Å²) in [5, 5.41) is 3.45. The molecule has 4 heteroatoms. The van der Waals surface area contributed by atoms with Crippen molar-refractivity contribution in [3.8, 4) is 11.5 Å². The molecule has 3 rings (SSSR count). The first-order valence-electron chi connectivity index (χ1n) is 9.50. The van der Waals surface area contributed by atoms with Crippen LogP contribution >= 0.6 is 0 Å². The Hall–Kier alpha value is -2.17. The van der Waals surface area contributed by atoms with Crippen LogP contribution < -0.4 is 5.32 Å². The normalized spacial score (nSPS) is 18.0. The molecule has 0 bridgehead atoms. The number of aromatic nitrogens is 1. The minimum absolute atomic E-state index is 0.538. The zero-order chi connectivity index (χ0) is 18.0. The van der Waals surface area contributed by atoms with E-state index in [1.807, 2.05) is 0 Å². The van der Waals surface area contributed by atoms with E-state index < -0.39 is 0 Å². The predicted molar refractivity (Wildman–Crippen MR) is 105 cm³/mol. The molecule has 0 unspecified atom stereocenters. The van der Waals surface area contributed by atoms with Crippen LogP contribution in [0.4, 0.5) is 0 Å². The summed E-state index contributed by atoms with van der Waals surface area (Å²) in [7, 11) is 0. The molecule has 1 atom stereocenters. The molecule has 1 aliphatic rings. The monoisotopic (exact) mass is 352 g/mol. The van der Waals surface area contributed by atoms with Crippen LogP contribution in [0, 0.1) is 0 Å². The predicted octanol–water partition coefficient (Wildman–Crippen LogP) is 4.55. The number of rotatable bonds is 9. The Kier molecular flexibility index (Phi) is 7.23. The van der Waals surface area contributed by atoms with Crippen LogP contribution in [0.5, 0.6) is 0 Å². The fourth-order valence-corrected chi connectivity index (χ4v) is 3.21. The van der Waals surface area contributed by atoms with E-state index in [0.29, 0.717) is 18.5 Å². The van der Waals surface area contributed by atoms with E-state index in [1.54, 1.807) is 12.5 Å². The smallest absolute Gasteiger partial charge is 0.225 e. The van der Waals surface area contributed by atoms with Gasteiger partial charge >= 0.3 is 0 Å². The molecule has 26 heavy (non-hydrogen) atoms. The van der Waals surface area contributed by atoms with Gasteiger partial charge in [-0.3, -0.25) is 0 Å². The Balaban J connectivity index is 1.49. The summed E-state index contributed by atoms with van der Waals surface area (Å²) in [6.07, 6.45) is 14.3. The summed E-state index contributed by atoms with van der Waals surface area (Å²) in [5.41, 5.74) is 3.60. The Labute approximate surface area is 156 Å². The average Bonchev–Trinajstić information content (AvgIpc) is 3.36. The molecule has 1 aromatic heterocycles. The van der Waals surface area contributed by atoms with Gasteiger partial charge in [-0.2, -0.15) is 0 Å². The summed E-state index contributed by atoms with van der Waals surface area (Å²) >= 11 is 0. The van der Waals surface area contributed by atoms with Crippen molar-refractivity contribution in [1.82, 2.24) is 10.3 Å². The number of hydrogen-bond acceptors (Lipinski definition) is 4. The van der Waals surface area contributed by atoms with Crippen LogP contribution in [0.25, 0.3) is 11.5 Å². The molecule has 0 spiro atoms. The van der Waals surface area contributed by atoms with Crippen molar-refractivity contribution in [1.29, 1.82) is 0 Å². The molecular weight excluding hydrogens is 324 g/mol. The van der Waals surface area contributed by atoms with Gasteiger partial charge in [0, 0.05) is 11.6 Å². The molecule has 138 valence electrons. The van der Waals surface area contributed by atoms with Gasteiger partial charge in [-0.1, -0.05) is 37.3 Å². The first-order valence-corrected chi connectivity index (χ1v) is 9.50. The molecular formula is C22H28N2O2. The van der Waals surface area contributed by atoms with Gasteiger partial charge in [0.2, 0.25) is 5.89 Å². The summed E-state index contributed by atoms with van der Waals surface area (Å²) in [6, 6.07) is 8.94. The van der Waals surface area contributed by atoms with Crippen LogP contribution in [-0.4, -0.2) is 30.8 Å². The van der Waals surface area contributed by atoms with E-state index in [2.05, 4.69) is 59.7 Å². The van der Waals surface area contributed by atoms with Crippen LogP contribution in [-0.2, 0) is 11.2 Å². The minimum atomic E-state index is 0.538. The van der Waals surface area contributed by atoms with Crippen LogP contribution in [0.15, 0.2) is 64.9 Å². The fraction of sp³-hybridized carbons (Fsp3) is 0.409. The summed E-state index contributed by atoms with van der Waals surface area (Å²) < 4.78 is 11.1. The van der Waals surface area contributed by atoms with E-state index in [-0.39, 0.29) is 0 Å². The second-order valence-electron chi connectivity index (χ2n) is 6.63. The number of nitrogens with one attached hydrogen (secondary N) is 1. The molecule has 0 amide bonds. The lowest BCUT2D eigenvalue weighted by Gasteiger charge is -2.09. The zero-order valence-electron chi connectivity index (χ0n) is 15.5. The first kappa shape index (κ1) is 18.6. The summed E-state index contributed by atoms with van der Waals surface area (Å²) in [4.78, 5) is 4.19. The number of benzene rings is 1.